The second kappa shape index (κ2) is 8.52. The number of carbonyl (C=O) groups is 1. The van der Waals surface area contributed by atoms with Crippen molar-refractivity contribution in [1.29, 1.82) is 0 Å². The maximum atomic E-state index is 12.6. The number of carbonyl (C=O) groups excluding carboxylic acids is 1. The molecule has 1 aliphatic rings. The number of hydrogen-bond donors (Lipinski definition) is 0. The number of aromatic nitrogens is 5. The highest BCUT2D eigenvalue weighted by molar-refractivity contribution is 7.90. The minimum absolute atomic E-state index is 0.0670. The van der Waals surface area contributed by atoms with Crippen LogP contribution in [0.1, 0.15) is 35.1 Å². The van der Waals surface area contributed by atoms with Gasteiger partial charge in [0.2, 0.25) is 5.88 Å². The summed E-state index contributed by atoms with van der Waals surface area (Å²) in [5, 5.41) is 8.98. The molecule has 1 aromatic carbocycles. The van der Waals surface area contributed by atoms with E-state index in [1.54, 1.807) is 36.2 Å². The molecule has 1 saturated heterocycles. The molecule has 0 radical (unpaired) electrons. The highest BCUT2D eigenvalue weighted by Gasteiger charge is 2.28. The normalized spacial score (nSPS) is 15.1. The van der Waals surface area contributed by atoms with Crippen molar-refractivity contribution in [2.24, 2.45) is 0 Å². The van der Waals surface area contributed by atoms with Gasteiger partial charge in [-0.15, -0.1) is 0 Å². The van der Waals surface area contributed by atoms with Crippen LogP contribution in [0.3, 0.4) is 0 Å². The number of fused-ring (bicyclic) bond motifs is 1. The quantitative estimate of drug-likeness (QED) is 0.421. The molecule has 4 heterocycles. The number of aryl methyl sites for hydroxylation is 1. The van der Waals surface area contributed by atoms with E-state index < -0.39 is 9.84 Å². The summed E-state index contributed by atoms with van der Waals surface area (Å²) in [7, 11) is -3.29. The van der Waals surface area contributed by atoms with Gasteiger partial charge in [0, 0.05) is 25.4 Å². The number of likely N-dealkylation sites (tertiary alicyclic amines) is 1. The fraction of sp³-hybridized carbons (Fsp3) is 0.318. The van der Waals surface area contributed by atoms with Crippen molar-refractivity contribution in [2.75, 3.05) is 19.3 Å². The minimum atomic E-state index is -3.29. The standard InChI is InChI=1S/C22H22N6O5S/c1-14-11-19(26-33-14)22(29)27-9-7-15(8-10-27)28-20-18(12-25-28)21(24-13-23-20)32-16-3-5-17(6-4-16)34(2,30)31/h3-6,11-13,15H,7-10H2,1-2H3. The summed E-state index contributed by atoms with van der Waals surface area (Å²) >= 11 is 0. The van der Waals surface area contributed by atoms with Gasteiger partial charge in [-0.3, -0.25) is 4.79 Å². The first kappa shape index (κ1) is 22.0. The topological polar surface area (TPSA) is 133 Å². The summed E-state index contributed by atoms with van der Waals surface area (Å²) in [4.78, 5) is 23.2. The van der Waals surface area contributed by atoms with Crippen LogP contribution >= 0.6 is 0 Å². The molecular weight excluding hydrogens is 460 g/mol. The maximum Gasteiger partial charge on any atom is 0.276 e. The molecule has 176 valence electrons. The predicted molar refractivity (Wildman–Crippen MR) is 120 cm³/mol. The SMILES string of the molecule is Cc1cc(C(=O)N2CCC(n3ncc4c(Oc5ccc(S(C)(=O)=O)cc5)ncnc43)CC2)no1. The molecule has 0 unspecified atom stereocenters. The van der Waals surface area contributed by atoms with Crippen molar-refractivity contribution in [3.05, 3.63) is 54.3 Å². The van der Waals surface area contributed by atoms with Gasteiger partial charge in [-0.1, -0.05) is 5.16 Å². The van der Waals surface area contributed by atoms with Crippen LogP contribution in [-0.2, 0) is 9.84 Å². The number of ether oxygens (including phenoxy) is 1. The second-order valence-corrected chi connectivity index (χ2v) is 10.2. The Balaban J connectivity index is 1.31. The van der Waals surface area contributed by atoms with E-state index in [9.17, 15) is 13.2 Å². The van der Waals surface area contributed by atoms with Crippen LogP contribution < -0.4 is 4.74 Å². The summed E-state index contributed by atoms with van der Waals surface area (Å²) in [5.41, 5.74) is 0.953. The van der Waals surface area contributed by atoms with Crippen LogP contribution in [0.25, 0.3) is 11.0 Å². The van der Waals surface area contributed by atoms with Crippen LogP contribution in [0.5, 0.6) is 11.6 Å². The molecule has 1 amide bonds. The van der Waals surface area contributed by atoms with E-state index in [1.165, 1.54) is 18.5 Å². The molecule has 1 fully saturated rings. The highest BCUT2D eigenvalue weighted by Crippen LogP contribution is 2.31. The zero-order valence-electron chi connectivity index (χ0n) is 18.6. The van der Waals surface area contributed by atoms with Crippen molar-refractivity contribution < 1.29 is 22.5 Å². The molecule has 3 aromatic heterocycles. The van der Waals surface area contributed by atoms with E-state index in [2.05, 4.69) is 20.2 Å². The summed E-state index contributed by atoms with van der Waals surface area (Å²) in [5.74, 6) is 1.25. The Morgan fingerprint density at radius 3 is 2.53 bits per heavy atom. The summed E-state index contributed by atoms with van der Waals surface area (Å²) in [6.45, 7) is 2.89. The lowest BCUT2D eigenvalue weighted by Gasteiger charge is -2.31. The highest BCUT2D eigenvalue weighted by atomic mass is 32.2. The Hall–Kier alpha value is -3.80. The van der Waals surface area contributed by atoms with Crippen molar-refractivity contribution >= 4 is 26.8 Å². The van der Waals surface area contributed by atoms with Crippen molar-refractivity contribution in [3.63, 3.8) is 0 Å². The Morgan fingerprint density at radius 1 is 1.15 bits per heavy atom. The molecule has 0 spiro atoms. The molecule has 0 N–H and O–H groups in total. The van der Waals surface area contributed by atoms with Crippen molar-refractivity contribution in [3.8, 4) is 11.6 Å². The lowest BCUT2D eigenvalue weighted by Crippen LogP contribution is -2.39. The lowest BCUT2D eigenvalue weighted by molar-refractivity contribution is 0.0681. The van der Waals surface area contributed by atoms with Crippen LogP contribution in [0.4, 0.5) is 0 Å². The zero-order valence-corrected chi connectivity index (χ0v) is 19.4. The fourth-order valence-electron chi connectivity index (χ4n) is 4.00. The van der Waals surface area contributed by atoms with Gasteiger partial charge in [-0.25, -0.2) is 23.1 Å². The minimum Gasteiger partial charge on any atom is -0.438 e. The van der Waals surface area contributed by atoms with Gasteiger partial charge < -0.3 is 14.2 Å². The largest absolute Gasteiger partial charge is 0.438 e. The third-order valence-corrected chi connectivity index (χ3v) is 6.89. The van der Waals surface area contributed by atoms with Crippen LogP contribution in [0, 0.1) is 6.92 Å². The monoisotopic (exact) mass is 482 g/mol. The number of rotatable bonds is 5. The molecule has 11 nitrogen and oxygen atoms in total. The Kier molecular flexibility index (Phi) is 5.52. The molecule has 0 bridgehead atoms. The maximum absolute atomic E-state index is 12.6. The molecule has 1 aliphatic heterocycles. The first-order valence-corrected chi connectivity index (χ1v) is 12.6. The smallest absolute Gasteiger partial charge is 0.276 e. The van der Waals surface area contributed by atoms with Gasteiger partial charge in [-0.2, -0.15) is 5.10 Å². The Labute approximate surface area is 195 Å². The van der Waals surface area contributed by atoms with Crippen molar-refractivity contribution in [1.82, 2.24) is 29.8 Å². The van der Waals surface area contributed by atoms with E-state index in [0.717, 1.165) is 6.26 Å². The molecule has 0 saturated carbocycles. The van der Waals surface area contributed by atoms with Gasteiger partial charge in [0.1, 0.15) is 23.2 Å². The number of amides is 1. The lowest BCUT2D eigenvalue weighted by atomic mass is 10.0. The molecule has 0 aliphatic carbocycles. The predicted octanol–water partition coefficient (Wildman–Crippen LogP) is 2.80. The Bertz CT molecular complexity index is 1450. The van der Waals surface area contributed by atoms with Gasteiger partial charge in [0.05, 0.1) is 17.1 Å². The summed E-state index contributed by atoms with van der Waals surface area (Å²) in [6.07, 6.45) is 5.65. The second-order valence-electron chi connectivity index (χ2n) is 8.20. The van der Waals surface area contributed by atoms with Gasteiger partial charge in [0.15, 0.2) is 21.2 Å². The van der Waals surface area contributed by atoms with Crippen LogP contribution in [0.2, 0.25) is 0 Å². The van der Waals surface area contributed by atoms with Crippen LogP contribution in [0.15, 0.2) is 52.3 Å². The van der Waals surface area contributed by atoms with E-state index in [0.29, 0.717) is 60.0 Å². The average molecular weight is 483 g/mol. The number of piperidine rings is 1. The number of hydrogen-bond acceptors (Lipinski definition) is 9. The summed E-state index contributed by atoms with van der Waals surface area (Å²) in [6, 6.07) is 7.85. The van der Waals surface area contributed by atoms with Gasteiger partial charge in [-0.05, 0) is 44.0 Å². The van der Waals surface area contributed by atoms with Crippen LogP contribution in [-0.4, -0.2) is 63.5 Å². The average Bonchev–Trinajstić information content (AvgIpc) is 3.46. The fourth-order valence-corrected chi connectivity index (χ4v) is 4.63. The van der Waals surface area contributed by atoms with Crippen molar-refractivity contribution in [2.45, 2.75) is 30.7 Å². The molecule has 5 rings (SSSR count). The van der Waals surface area contributed by atoms with E-state index in [4.69, 9.17) is 9.26 Å². The third kappa shape index (κ3) is 4.23. The molecule has 0 atom stereocenters. The zero-order chi connectivity index (χ0) is 23.9. The first-order valence-electron chi connectivity index (χ1n) is 10.7. The third-order valence-electron chi connectivity index (χ3n) is 5.77. The van der Waals surface area contributed by atoms with E-state index >= 15 is 0 Å². The molecular formula is C22H22N6O5S. The van der Waals surface area contributed by atoms with E-state index in [-0.39, 0.29) is 16.8 Å². The van der Waals surface area contributed by atoms with E-state index in [1.807, 2.05) is 4.68 Å². The Morgan fingerprint density at radius 2 is 1.88 bits per heavy atom. The number of nitrogens with zero attached hydrogens (tertiary/aromatic N) is 6. The summed E-state index contributed by atoms with van der Waals surface area (Å²) < 4.78 is 36.1. The van der Waals surface area contributed by atoms with Gasteiger partial charge in [0.25, 0.3) is 5.91 Å². The first-order chi connectivity index (χ1) is 16.3. The van der Waals surface area contributed by atoms with Gasteiger partial charge >= 0.3 is 0 Å². The molecule has 12 heteroatoms. The molecule has 34 heavy (non-hydrogen) atoms. The molecule has 4 aromatic rings. The number of sulfone groups is 1. The number of benzene rings is 1.